The maximum Gasteiger partial charge on any atom is 0.329 e. The zero-order chi connectivity index (χ0) is 43.1. The van der Waals surface area contributed by atoms with E-state index in [0.717, 1.165) is 98.5 Å². The minimum atomic E-state index is -0.663. The van der Waals surface area contributed by atoms with Crippen molar-refractivity contribution in [3.05, 3.63) is 75.3 Å². The van der Waals surface area contributed by atoms with E-state index in [1.54, 1.807) is 16.2 Å². The Bertz CT molecular complexity index is 2340. The van der Waals surface area contributed by atoms with Gasteiger partial charge in [-0.1, -0.05) is 56.5 Å². The maximum atomic E-state index is 14.3. The van der Waals surface area contributed by atoms with Crippen LogP contribution in [0.15, 0.2) is 53.5 Å². The molecule has 5 aliphatic heterocycles. The molecule has 2 aliphatic carbocycles. The molecule has 6 fully saturated rings. The summed E-state index contributed by atoms with van der Waals surface area (Å²) < 4.78 is 3.18. The molecule has 332 valence electrons. The number of amides is 3. The molecule has 6 heterocycles. The van der Waals surface area contributed by atoms with Gasteiger partial charge in [-0.25, -0.2) is 4.79 Å². The Balaban J connectivity index is 0.688. The molecule has 3 aromatic rings. The topological polar surface area (TPSA) is 124 Å². The quantitative estimate of drug-likeness (QED) is 0.220. The molecule has 4 atom stereocenters. The van der Waals surface area contributed by atoms with Gasteiger partial charge in [0.25, 0.3) is 0 Å². The third kappa shape index (κ3) is 6.71. The largest absolute Gasteiger partial charge is 0.385 e. The van der Waals surface area contributed by atoms with Gasteiger partial charge in [-0.05, 0) is 137 Å². The highest BCUT2D eigenvalue weighted by molar-refractivity contribution is 6.31. The molecular weight excluding hydrogens is 800 g/mol. The fourth-order valence-electron chi connectivity index (χ4n) is 14.1. The molecule has 0 radical (unpaired) electrons. The highest BCUT2D eigenvalue weighted by Crippen LogP contribution is 2.63. The number of benzene rings is 2. The second kappa shape index (κ2) is 15.9. The molecule has 2 aromatic carbocycles. The predicted octanol–water partition coefficient (Wildman–Crippen LogP) is 6.12. The first kappa shape index (κ1) is 42.0. The molecule has 3 amide bonds. The maximum absolute atomic E-state index is 14.3. The van der Waals surface area contributed by atoms with E-state index in [2.05, 4.69) is 62.8 Å². The van der Waals surface area contributed by atoms with Gasteiger partial charge < -0.3 is 20.4 Å². The number of nitrogens with zero attached hydrogens (tertiary/aromatic N) is 5. The van der Waals surface area contributed by atoms with Gasteiger partial charge in [-0.3, -0.25) is 33.7 Å². The van der Waals surface area contributed by atoms with Crippen LogP contribution in [0, 0.1) is 17.3 Å². The summed E-state index contributed by atoms with van der Waals surface area (Å²) in [5.74, 6) is 0.250. The smallest absolute Gasteiger partial charge is 0.329 e. The molecule has 0 bridgehead atoms. The summed E-state index contributed by atoms with van der Waals surface area (Å²) in [7, 11) is 4.02. The lowest BCUT2D eigenvalue weighted by atomic mass is 9.57. The Morgan fingerprint density at radius 3 is 2.34 bits per heavy atom. The van der Waals surface area contributed by atoms with E-state index in [-0.39, 0.29) is 41.4 Å². The summed E-state index contributed by atoms with van der Waals surface area (Å²) in [6, 6.07) is 12.0. The number of rotatable bonds is 9. The number of imidazole rings is 1. The predicted molar refractivity (Wildman–Crippen MR) is 243 cm³/mol. The molecule has 1 aromatic heterocycles. The first-order valence-electron chi connectivity index (χ1n) is 23.6. The number of piperidine rings is 2. The number of imide groups is 1. The van der Waals surface area contributed by atoms with Crippen molar-refractivity contribution >= 4 is 46.0 Å². The van der Waals surface area contributed by atoms with Crippen LogP contribution in [0.5, 0.6) is 0 Å². The standard InChI is InChI=1S/C49H65ClN8O4/c1-31-43(55(4)48(19-6-5-7-20-48)49(31)37-14-11-35(50)27-38(37)52-45(49)61)32(2)51-36-12-8-34(9-13-36)28-56-24-21-47(22-25-56)29-57(30-47)23-18-33-10-15-39-41(26-33)54(3)46(62)58(39)40-16-17-42(59)53-44(40)60/h10-11,14-15,26-27,31,34,36,40,43,51H,2,5-9,12-13,16-25,28-30H2,1,3-4H3,(H,52,61)(H,53,59,60)/t31?,34?,36?,40?,43-,49+/m1/s1. The number of hydrogen-bond acceptors (Lipinski definition) is 8. The van der Waals surface area contributed by atoms with Crippen molar-refractivity contribution in [3.8, 4) is 0 Å². The van der Waals surface area contributed by atoms with Crippen molar-refractivity contribution in [1.82, 2.24) is 34.5 Å². The van der Waals surface area contributed by atoms with Gasteiger partial charge in [0, 0.05) is 67.6 Å². The molecule has 4 saturated heterocycles. The number of aromatic nitrogens is 2. The second-order valence-corrected chi connectivity index (χ2v) is 21.0. The van der Waals surface area contributed by atoms with Crippen LogP contribution in [-0.2, 0) is 33.3 Å². The molecule has 10 rings (SSSR count). The zero-order valence-electron chi connectivity index (χ0n) is 36.9. The number of carbonyl (C=O) groups is 3. The zero-order valence-corrected chi connectivity index (χ0v) is 37.7. The Labute approximate surface area is 370 Å². The van der Waals surface area contributed by atoms with E-state index in [1.807, 2.05) is 18.2 Å². The van der Waals surface area contributed by atoms with Crippen LogP contribution in [0.25, 0.3) is 11.0 Å². The molecule has 7 aliphatic rings. The van der Waals surface area contributed by atoms with Gasteiger partial charge in [0.1, 0.15) is 6.04 Å². The highest BCUT2D eigenvalue weighted by Gasteiger charge is 2.72. The van der Waals surface area contributed by atoms with Crippen LogP contribution in [0.4, 0.5) is 5.69 Å². The van der Waals surface area contributed by atoms with Crippen LogP contribution in [0.2, 0.25) is 5.02 Å². The van der Waals surface area contributed by atoms with Crippen molar-refractivity contribution < 1.29 is 14.4 Å². The summed E-state index contributed by atoms with van der Waals surface area (Å²) >= 11 is 6.44. The van der Waals surface area contributed by atoms with Crippen molar-refractivity contribution in [3.63, 3.8) is 0 Å². The summed E-state index contributed by atoms with van der Waals surface area (Å²) in [5.41, 5.74) is 5.17. The fraction of sp³-hybridized carbons (Fsp3) is 0.633. The molecule has 2 saturated carbocycles. The van der Waals surface area contributed by atoms with E-state index < -0.39 is 17.4 Å². The number of fused-ring (bicyclic) bond motifs is 4. The molecule has 62 heavy (non-hydrogen) atoms. The van der Waals surface area contributed by atoms with Crippen LogP contribution in [0.1, 0.15) is 108 Å². The van der Waals surface area contributed by atoms with Gasteiger partial charge >= 0.3 is 5.69 Å². The minimum Gasteiger partial charge on any atom is -0.385 e. The van der Waals surface area contributed by atoms with E-state index >= 15 is 0 Å². The number of nitrogens with one attached hydrogen (secondary N) is 3. The van der Waals surface area contributed by atoms with Gasteiger partial charge in [-0.2, -0.15) is 0 Å². The van der Waals surface area contributed by atoms with E-state index in [4.69, 9.17) is 18.2 Å². The number of hydrogen-bond donors (Lipinski definition) is 3. The lowest BCUT2D eigenvalue weighted by molar-refractivity contribution is -0.135. The lowest BCUT2D eigenvalue weighted by Gasteiger charge is -2.54. The number of halogens is 1. The van der Waals surface area contributed by atoms with Gasteiger partial charge in [-0.15, -0.1) is 0 Å². The summed E-state index contributed by atoms with van der Waals surface area (Å²) in [4.78, 5) is 59.7. The molecule has 3 N–H and O–H groups in total. The summed E-state index contributed by atoms with van der Waals surface area (Å²) in [6.45, 7) is 13.9. The van der Waals surface area contributed by atoms with Crippen molar-refractivity contribution in [2.45, 2.75) is 126 Å². The monoisotopic (exact) mass is 864 g/mol. The Morgan fingerprint density at radius 2 is 1.61 bits per heavy atom. The summed E-state index contributed by atoms with van der Waals surface area (Å²) in [6.07, 6.45) is 14.4. The minimum absolute atomic E-state index is 0.0641. The van der Waals surface area contributed by atoms with E-state index in [1.165, 1.54) is 57.3 Å². The Kier molecular flexibility index (Phi) is 10.8. The number of likely N-dealkylation sites (tertiary alicyclic amines) is 3. The van der Waals surface area contributed by atoms with Crippen molar-refractivity contribution in [2.24, 2.45) is 24.3 Å². The second-order valence-electron chi connectivity index (χ2n) is 20.5. The average molecular weight is 866 g/mol. The third-order valence-corrected chi connectivity index (χ3v) is 17.4. The van der Waals surface area contributed by atoms with Gasteiger partial charge in [0.15, 0.2) is 0 Å². The molecular formula is C49H65ClN8O4. The number of carbonyl (C=O) groups excluding carboxylic acids is 3. The molecule has 3 spiro atoms. The third-order valence-electron chi connectivity index (χ3n) is 17.2. The number of anilines is 1. The van der Waals surface area contributed by atoms with Gasteiger partial charge in [0.05, 0.1) is 22.5 Å². The molecule has 13 heteroatoms. The molecule has 2 unspecified atom stereocenters. The SMILES string of the molecule is C=C(NC1CCC(CN2CCC3(CC2)CN(CCc2ccc4c(c2)n(C)c(=O)n4C2CCC(=O)NC2=O)C3)CC1)[C@H]1C(C)[C@]2(C(=O)Nc3cc(Cl)ccc32)C2(CCCCC2)N1C. The van der Waals surface area contributed by atoms with Gasteiger partial charge in [0.2, 0.25) is 17.7 Å². The lowest BCUT2D eigenvalue weighted by Crippen LogP contribution is -2.60. The summed E-state index contributed by atoms with van der Waals surface area (Å²) in [5, 5.41) is 10.3. The normalized spacial score (nSPS) is 31.1. The number of aryl methyl sites for hydroxylation is 1. The van der Waals surface area contributed by atoms with Crippen molar-refractivity contribution in [1.29, 1.82) is 0 Å². The first-order chi connectivity index (χ1) is 29.8. The Hall–Kier alpha value is -3.97. The van der Waals surface area contributed by atoms with Crippen LogP contribution in [0.3, 0.4) is 0 Å². The highest BCUT2D eigenvalue weighted by atomic mass is 35.5. The number of likely N-dealkylation sites (N-methyl/N-ethyl adjacent to an activating group) is 1. The Morgan fingerprint density at radius 1 is 0.871 bits per heavy atom. The van der Waals surface area contributed by atoms with E-state index in [9.17, 15) is 19.2 Å². The van der Waals surface area contributed by atoms with Crippen molar-refractivity contribution in [2.75, 3.05) is 51.6 Å². The first-order valence-corrected chi connectivity index (χ1v) is 24.0. The van der Waals surface area contributed by atoms with E-state index in [0.29, 0.717) is 22.9 Å². The average Bonchev–Trinajstić information content (AvgIpc) is 3.75. The molecule has 12 nitrogen and oxygen atoms in total. The van der Waals surface area contributed by atoms with Crippen LogP contribution >= 0.6 is 11.6 Å². The van der Waals surface area contributed by atoms with Crippen LogP contribution in [-0.4, -0.2) is 105 Å². The van der Waals surface area contributed by atoms with Crippen LogP contribution < -0.4 is 21.6 Å². The fourth-order valence-corrected chi connectivity index (χ4v) is 14.2.